The summed E-state index contributed by atoms with van der Waals surface area (Å²) >= 11 is 0. The molecule has 1 N–H and O–H groups in total. The highest BCUT2D eigenvalue weighted by Crippen LogP contribution is 2.56. The van der Waals surface area contributed by atoms with Crippen molar-refractivity contribution in [3.63, 3.8) is 0 Å². The molecule has 102 valence electrons. The normalized spacial score (nSPS) is 41.4. The number of carbonyl (C=O) groups excluding carboxylic acids is 1. The van der Waals surface area contributed by atoms with Crippen molar-refractivity contribution in [1.29, 1.82) is 0 Å². The van der Waals surface area contributed by atoms with Gasteiger partial charge in [-0.05, 0) is 68.6 Å². The first kappa shape index (κ1) is 12.5. The first-order valence-electron chi connectivity index (χ1n) is 8.01. The molecular weight excluding hydrogens is 222 g/mol. The topological polar surface area (TPSA) is 29.1 Å². The van der Waals surface area contributed by atoms with Crippen molar-refractivity contribution < 1.29 is 4.79 Å². The molecule has 4 bridgehead atoms. The van der Waals surface area contributed by atoms with Crippen LogP contribution in [0.4, 0.5) is 0 Å². The number of hydrogen-bond donors (Lipinski definition) is 1. The lowest BCUT2D eigenvalue weighted by atomic mass is 9.51. The van der Waals surface area contributed by atoms with E-state index in [0.717, 1.165) is 36.5 Å². The smallest absolute Gasteiger partial charge is 0.223 e. The Morgan fingerprint density at radius 2 is 1.50 bits per heavy atom. The molecule has 2 heteroatoms. The van der Waals surface area contributed by atoms with Crippen LogP contribution in [0.25, 0.3) is 0 Å². The summed E-state index contributed by atoms with van der Waals surface area (Å²) in [5.41, 5.74) is 0. The van der Waals surface area contributed by atoms with Crippen molar-refractivity contribution in [1.82, 2.24) is 5.32 Å². The molecule has 0 heterocycles. The quantitative estimate of drug-likeness (QED) is 0.813. The fraction of sp³-hybridized carbons (Fsp3) is 0.938. The molecule has 18 heavy (non-hydrogen) atoms. The number of carbonyl (C=O) groups is 1. The van der Waals surface area contributed by atoms with Gasteiger partial charge in [0.2, 0.25) is 5.91 Å². The van der Waals surface area contributed by atoms with Crippen molar-refractivity contribution >= 4 is 5.91 Å². The molecule has 0 aromatic carbocycles. The Hall–Kier alpha value is -0.530. The molecule has 4 aliphatic carbocycles. The highest BCUT2D eigenvalue weighted by atomic mass is 16.2. The standard InChI is InChI=1S/C16H27NO/c1-3-14(4-2)17-16(18)15-12-6-10-5-11(8-12)9-13(15)7-10/h10-15H,3-9H2,1-2H3,(H,17,18). The lowest BCUT2D eigenvalue weighted by molar-refractivity contribution is -0.138. The van der Waals surface area contributed by atoms with Gasteiger partial charge in [0.25, 0.3) is 0 Å². The maximum atomic E-state index is 12.6. The van der Waals surface area contributed by atoms with E-state index in [4.69, 9.17) is 0 Å². The number of rotatable bonds is 4. The van der Waals surface area contributed by atoms with Crippen molar-refractivity contribution in [2.24, 2.45) is 29.6 Å². The van der Waals surface area contributed by atoms with Gasteiger partial charge in [-0.3, -0.25) is 4.79 Å². The lowest BCUT2D eigenvalue weighted by Gasteiger charge is -2.53. The highest BCUT2D eigenvalue weighted by Gasteiger charge is 2.50. The summed E-state index contributed by atoms with van der Waals surface area (Å²) in [5.74, 6) is 4.11. The Morgan fingerprint density at radius 3 is 1.94 bits per heavy atom. The van der Waals surface area contributed by atoms with E-state index in [0.29, 0.717) is 17.9 Å². The number of hydrogen-bond acceptors (Lipinski definition) is 1. The summed E-state index contributed by atoms with van der Waals surface area (Å²) in [6.07, 6.45) is 8.96. The maximum Gasteiger partial charge on any atom is 0.223 e. The molecule has 0 aromatic rings. The van der Waals surface area contributed by atoms with Gasteiger partial charge in [0.1, 0.15) is 0 Å². The second-order valence-corrected chi connectivity index (χ2v) is 6.98. The van der Waals surface area contributed by atoms with Crippen LogP contribution in [0.1, 0.15) is 58.8 Å². The number of amides is 1. The van der Waals surface area contributed by atoms with E-state index >= 15 is 0 Å². The molecule has 0 aliphatic heterocycles. The van der Waals surface area contributed by atoms with Crippen LogP contribution in [0, 0.1) is 29.6 Å². The predicted octanol–water partition coefficient (Wildman–Crippen LogP) is 3.36. The average molecular weight is 249 g/mol. The van der Waals surface area contributed by atoms with Crippen LogP contribution in [0.15, 0.2) is 0 Å². The molecule has 2 nitrogen and oxygen atoms in total. The highest BCUT2D eigenvalue weighted by molar-refractivity contribution is 5.80. The van der Waals surface area contributed by atoms with Crippen molar-refractivity contribution in [3.8, 4) is 0 Å². The molecular formula is C16H27NO. The van der Waals surface area contributed by atoms with Crippen LogP contribution in [0.5, 0.6) is 0 Å². The fourth-order valence-corrected chi connectivity index (χ4v) is 5.14. The minimum Gasteiger partial charge on any atom is -0.353 e. The zero-order chi connectivity index (χ0) is 12.7. The van der Waals surface area contributed by atoms with E-state index < -0.39 is 0 Å². The van der Waals surface area contributed by atoms with E-state index in [-0.39, 0.29) is 0 Å². The largest absolute Gasteiger partial charge is 0.353 e. The molecule has 4 saturated carbocycles. The van der Waals surface area contributed by atoms with Gasteiger partial charge >= 0.3 is 0 Å². The van der Waals surface area contributed by atoms with Crippen LogP contribution in [0.2, 0.25) is 0 Å². The van der Waals surface area contributed by atoms with E-state index in [9.17, 15) is 4.79 Å². The summed E-state index contributed by atoms with van der Waals surface area (Å²) in [6.45, 7) is 4.34. The Labute approximate surface area is 111 Å². The van der Waals surface area contributed by atoms with Crippen molar-refractivity contribution in [3.05, 3.63) is 0 Å². The monoisotopic (exact) mass is 249 g/mol. The predicted molar refractivity (Wildman–Crippen MR) is 73.0 cm³/mol. The zero-order valence-electron chi connectivity index (χ0n) is 11.8. The molecule has 0 unspecified atom stereocenters. The Bertz CT molecular complexity index is 293. The molecule has 0 saturated heterocycles. The van der Waals surface area contributed by atoms with Gasteiger partial charge in [-0.1, -0.05) is 13.8 Å². The Balaban J connectivity index is 1.67. The van der Waals surface area contributed by atoms with Gasteiger partial charge in [0, 0.05) is 12.0 Å². The summed E-state index contributed by atoms with van der Waals surface area (Å²) in [6, 6.07) is 0.398. The van der Waals surface area contributed by atoms with Gasteiger partial charge in [-0.2, -0.15) is 0 Å². The summed E-state index contributed by atoms with van der Waals surface area (Å²) in [4.78, 5) is 12.6. The van der Waals surface area contributed by atoms with Crippen molar-refractivity contribution in [2.45, 2.75) is 64.8 Å². The van der Waals surface area contributed by atoms with Crippen LogP contribution in [0.3, 0.4) is 0 Å². The summed E-state index contributed by atoms with van der Waals surface area (Å²) in [5, 5.41) is 3.31. The summed E-state index contributed by atoms with van der Waals surface area (Å²) < 4.78 is 0. The zero-order valence-corrected chi connectivity index (χ0v) is 11.8. The lowest BCUT2D eigenvalue weighted by Crippen LogP contribution is -2.52. The molecule has 1 amide bonds. The van der Waals surface area contributed by atoms with Crippen LogP contribution in [-0.2, 0) is 4.79 Å². The van der Waals surface area contributed by atoms with Gasteiger partial charge in [0.05, 0.1) is 0 Å². The maximum absolute atomic E-state index is 12.6. The molecule has 0 radical (unpaired) electrons. The van der Waals surface area contributed by atoms with Gasteiger partial charge < -0.3 is 5.32 Å². The van der Waals surface area contributed by atoms with Crippen LogP contribution in [-0.4, -0.2) is 11.9 Å². The second kappa shape index (κ2) is 4.86. The first-order valence-corrected chi connectivity index (χ1v) is 8.01. The number of nitrogens with one attached hydrogen (secondary N) is 1. The van der Waals surface area contributed by atoms with E-state index in [2.05, 4.69) is 19.2 Å². The second-order valence-electron chi connectivity index (χ2n) is 6.98. The van der Waals surface area contributed by atoms with Gasteiger partial charge in [-0.15, -0.1) is 0 Å². The van der Waals surface area contributed by atoms with Crippen LogP contribution < -0.4 is 5.32 Å². The molecule has 0 aromatic heterocycles. The average Bonchev–Trinajstić information content (AvgIpc) is 2.34. The minimum absolute atomic E-state index is 0.360. The van der Waals surface area contributed by atoms with Gasteiger partial charge in [0.15, 0.2) is 0 Å². The van der Waals surface area contributed by atoms with Crippen molar-refractivity contribution in [2.75, 3.05) is 0 Å². The third kappa shape index (κ3) is 2.08. The SMILES string of the molecule is CCC(CC)NC(=O)C1C2CC3CC(C2)CC1C3. The molecule has 0 spiro atoms. The van der Waals surface area contributed by atoms with E-state index in [1.165, 1.54) is 32.1 Å². The third-order valence-electron chi connectivity index (χ3n) is 5.86. The van der Waals surface area contributed by atoms with Crippen LogP contribution >= 0.6 is 0 Å². The molecule has 0 atom stereocenters. The molecule has 4 fully saturated rings. The molecule has 4 rings (SSSR count). The van der Waals surface area contributed by atoms with E-state index in [1.807, 2.05) is 0 Å². The minimum atomic E-state index is 0.360. The Morgan fingerprint density at radius 1 is 1.00 bits per heavy atom. The summed E-state index contributed by atoms with van der Waals surface area (Å²) in [7, 11) is 0. The Kier molecular flexibility index (Phi) is 3.38. The fourth-order valence-electron chi connectivity index (χ4n) is 5.14. The molecule has 4 aliphatic rings. The van der Waals surface area contributed by atoms with Gasteiger partial charge in [-0.25, -0.2) is 0 Å². The van der Waals surface area contributed by atoms with E-state index in [1.54, 1.807) is 0 Å². The third-order valence-corrected chi connectivity index (χ3v) is 5.86. The first-order chi connectivity index (χ1) is 8.71.